The van der Waals surface area contributed by atoms with Gasteiger partial charge in [0.05, 0.1) is 0 Å². The third-order valence-electron chi connectivity index (χ3n) is 0.947. The van der Waals surface area contributed by atoms with Crippen LogP contribution in [-0.4, -0.2) is 6.04 Å². The highest BCUT2D eigenvalue weighted by Crippen LogP contribution is 1.88. The molecule has 0 aromatic heterocycles. The highest BCUT2D eigenvalue weighted by atomic mass is 14.6. The predicted molar refractivity (Wildman–Crippen MR) is 37.6 cm³/mol. The third kappa shape index (κ3) is 3.62. The molecule has 0 bridgehead atoms. The summed E-state index contributed by atoms with van der Waals surface area (Å²) >= 11 is 0. The fourth-order valence-electron chi connectivity index (χ4n) is 0.389. The van der Waals surface area contributed by atoms with E-state index in [1.165, 1.54) is 0 Å². The molecule has 0 saturated heterocycles. The first-order valence-corrected chi connectivity index (χ1v) is 2.80. The summed E-state index contributed by atoms with van der Waals surface area (Å²) in [4.78, 5) is 0. The maximum atomic E-state index is 5.49. The minimum absolute atomic E-state index is 0.131. The van der Waals surface area contributed by atoms with Crippen molar-refractivity contribution in [2.24, 2.45) is 5.73 Å². The lowest BCUT2D eigenvalue weighted by molar-refractivity contribution is 0.835. The highest BCUT2D eigenvalue weighted by molar-refractivity contribution is 4.90. The van der Waals surface area contributed by atoms with Crippen molar-refractivity contribution in [3.63, 3.8) is 0 Å². The van der Waals surface area contributed by atoms with Crippen molar-refractivity contribution in [3.05, 3.63) is 24.8 Å². The van der Waals surface area contributed by atoms with E-state index in [2.05, 4.69) is 6.58 Å². The van der Waals surface area contributed by atoms with Crippen LogP contribution in [-0.2, 0) is 0 Å². The van der Waals surface area contributed by atoms with Crippen LogP contribution in [0.1, 0.15) is 13.3 Å². The summed E-state index contributed by atoms with van der Waals surface area (Å²) in [5.41, 5.74) is 5.49. The Morgan fingerprint density at radius 1 is 1.75 bits per heavy atom. The SMILES string of the molecule is C=CC(N)C/C=C/C. The first-order chi connectivity index (χ1) is 3.81. The zero-order valence-electron chi connectivity index (χ0n) is 5.30. The molecule has 0 fully saturated rings. The summed E-state index contributed by atoms with van der Waals surface area (Å²) in [7, 11) is 0. The van der Waals surface area contributed by atoms with Gasteiger partial charge in [-0.25, -0.2) is 0 Å². The van der Waals surface area contributed by atoms with Gasteiger partial charge in [0.15, 0.2) is 0 Å². The lowest BCUT2D eigenvalue weighted by Crippen LogP contribution is -2.14. The quantitative estimate of drug-likeness (QED) is 0.548. The highest BCUT2D eigenvalue weighted by Gasteiger charge is 1.87. The summed E-state index contributed by atoms with van der Waals surface area (Å²) in [5, 5.41) is 0. The first kappa shape index (κ1) is 7.44. The molecule has 8 heavy (non-hydrogen) atoms. The molecule has 0 amide bonds. The van der Waals surface area contributed by atoms with Crippen LogP contribution >= 0.6 is 0 Å². The summed E-state index contributed by atoms with van der Waals surface area (Å²) in [6, 6.07) is 0.131. The van der Waals surface area contributed by atoms with Crippen LogP contribution in [0.4, 0.5) is 0 Å². The first-order valence-electron chi connectivity index (χ1n) is 2.80. The van der Waals surface area contributed by atoms with E-state index in [-0.39, 0.29) is 6.04 Å². The van der Waals surface area contributed by atoms with Crippen molar-refractivity contribution in [1.82, 2.24) is 0 Å². The normalized spacial score (nSPS) is 14.2. The number of rotatable bonds is 3. The molecule has 1 unspecified atom stereocenters. The Morgan fingerprint density at radius 2 is 2.38 bits per heavy atom. The smallest absolute Gasteiger partial charge is 0.0256 e. The Labute approximate surface area is 50.9 Å². The molecular formula is C7H13N. The second-order valence-corrected chi connectivity index (χ2v) is 1.70. The summed E-state index contributed by atoms with van der Waals surface area (Å²) in [5.74, 6) is 0. The molecule has 0 heterocycles. The fourth-order valence-corrected chi connectivity index (χ4v) is 0.389. The van der Waals surface area contributed by atoms with E-state index in [9.17, 15) is 0 Å². The van der Waals surface area contributed by atoms with Gasteiger partial charge in [-0.3, -0.25) is 0 Å². The van der Waals surface area contributed by atoms with E-state index in [4.69, 9.17) is 5.73 Å². The number of hydrogen-bond donors (Lipinski definition) is 1. The van der Waals surface area contributed by atoms with E-state index in [1.807, 2.05) is 19.1 Å². The van der Waals surface area contributed by atoms with Crippen LogP contribution < -0.4 is 5.73 Å². The average molecular weight is 111 g/mol. The van der Waals surface area contributed by atoms with Crippen molar-refractivity contribution in [1.29, 1.82) is 0 Å². The van der Waals surface area contributed by atoms with E-state index >= 15 is 0 Å². The van der Waals surface area contributed by atoms with E-state index in [0.717, 1.165) is 6.42 Å². The molecular weight excluding hydrogens is 98.1 g/mol. The third-order valence-corrected chi connectivity index (χ3v) is 0.947. The van der Waals surface area contributed by atoms with Gasteiger partial charge in [0, 0.05) is 6.04 Å². The van der Waals surface area contributed by atoms with Gasteiger partial charge in [-0.1, -0.05) is 18.2 Å². The zero-order chi connectivity index (χ0) is 6.41. The second kappa shape index (κ2) is 4.60. The lowest BCUT2D eigenvalue weighted by atomic mass is 10.2. The topological polar surface area (TPSA) is 26.0 Å². The summed E-state index contributed by atoms with van der Waals surface area (Å²) in [6.45, 7) is 5.54. The molecule has 0 spiro atoms. The molecule has 2 N–H and O–H groups in total. The van der Waals surface area contributed by atoms with E-state index in [1.54, 1.807) is 6.08 Å². The van der Waals surface area contributed by atoms with Crippen LogP contribution in [0.5, 0.6) is 0 Å². The monoisotopic (exact) mass is 111 g/mol. The van der Waals surface area contributed by atoms with Gasteiger partial charge in [-0.05, 0) is 13.3 Å². The van der Waals surface area contributed by atoms with E-state index < -0.39 is 0 Å². The van der Waals surface area contributed by atoms with Crippen LogP contribution in [0.2, 0.25) is 0 Å². The molecule has 0 aliphatic carbocycles. The molecule has 0 radical (unpaired) electrons. The summed E-state index contributed by atoms with van der Waals surface area (Å²) < 4.78 is 0. The Bertz CT molecular complexity index is 84.4. The Morgan fingerprint density at radius 3 is 2.75 bits per heavy atom. The molecule has 0 saturated carbocycles. The Hall–Kier alpha value is -0.560. The largest absolute Gasteiger partial charge is 0.324 e. The molecule has 1 atom stereocenters. The lowest BCUT2D eigenvalue weighted by Gasteiger charge is -1.97. The van der Waals surface area contributed by atoms with Crippen molar-refractivity contribution >= 4 is 0 Å². The minimum Gasteiger partial charge on any atom is -0.324 e. The number of hydrogen-bond acceptors (Lipinski definition) is 1. The van der Waals surface area contributed by atoms with Gasteiger partial charge in [0.25, 0.3) is 0 Å². The van der Waals surface area contributed by atoms with Crippen molar-refractivity contribution < 1.29 is 0 Å². The molecule has 0 aromatic rings. The maximum absolute atomic E-state index is 5.49. The van der Waals surface area contributed by atoms with Gasteiger partial charge in [-0.15, -0.1) is 6.58 Å². The number of nitrogens with two attached hydrogens (primary N) is 1. The minimum atomic E-state index is 0.131. The van der Waals surface area contributed by atoms with Crippen LogP contribution in [0, 0.1) is 0 Å². The van der Waals surface area contributed by atoms with Crippen molar-refractivity contribution in [2.75, 3.05) is 0 Å². The molecule has 0 aromatic carbocycles. The Balaban J connectivity index is 3.23. The fraction of sp³-hybridized carbons (Fsp3) is 0.429. The molecule has 46 valence electrons. The summed E-state index contributed by atoms with van der Waals surface area (Å²) in [6.07, 6.45) is 6.68. The molecule has 0 rings (SSSR count). The van der Waals surface area contributed by atoms with Crippen LogP contribution in [0.25, 0.3) is 0 Å². The maximum Gasteiger partial charge on any atom is 0.0256 e. The zero-order valence-corrected chi connectivity index (χ0v) is 5.30. The van der Waals surface area contributed by atoms with Gasteiger partial charge in [-0.2, -0.15) is 0 Å². The standard InChI is InChI=1S/C7H13N/c1-3-5-6-7(8)4-2/h3-5,7H,2,6,8H2,1H3/b5-3+. The van der Waals surface area contributed by atoms with Crippen LogP contribution in [0.3, 0.4) is 0 Å². The average Bonchev–Trinajstić information content (AvgIpc) is 1.83. The van der Waals surface area contributed by atoms with Crippen molar-refractivity contribution in [3.8, 4) is 0 Å². The molecule has 0 aliphatic rings. The van der Waals surface area contributed by atoms with Gasteiger partial charge in [0.1, 0.15) is 0 Å². The number of allylic oxidation sites excluding steroid dienone is 1. The molecule has 1 nitrogen and oxygen atoms in total. The molecule has 1 heteroatoms. The Kier molecular flexibility index (Phi) is 4.27. The second-order valence-electron chi connectivity index (χ2n) is 1.70. The van der Waals surface area contributed by atoms with Crippen LogP contribution in [0.15, 0.2) is 24.8 Å². The van der Waals surface area contributed by atoms with Gasteiger partial charge in [0.2, 0.25) is 0 Å². The predicted octanol–water partition coefficient (Wildman–Crippen LogP) is 1.47. The van der Waals surface area contributed by atoms with Gasteiger partial charge < -0.3 is 5.73 Å². The van der Waals surface area contributed by atoms with Gasteiger partial charge >= 0.3 is 0 Å². The molecule has 0 aliphatic heterocycles. The van der Waals surface area contributed by atoms with Crippen molar-refractivity contribution in [2.45, 2.75) is 19.4 Å². The van der Waals surface area contributed by atoms with E-state index in [0.29, 0.717) is 0 Å².